The van der Waals surface area contributed by atoms with Gasteiger partial charge in [0.25, 0.3) is 10.0 Å². The zero-order valence-corrected chi connectivity index (χ0v) is 16.1. The van der Waals surface area contributed by atoms with Gasteiger partial charge < -0.3 is 4.74 Å². The molecule has 0 aliphatic carbocycles. The minimum atomic E-state index is -3.85. The fourth-order valence-corrected chi connectivity index (χ4v) is 5.36. The van der Waals surface area contributed by atoms with E-state index in [0.717, 1.165) is 0 Å². The molecule has 0 aliphatic rings. The van der Waals surface area contributed by atoms with Gasteiger partial charge in [-0.15, -0.1) is 0 Å². The zero-order valence-electron chi connectivity index (χ0n) is 13.0. The molecule has 0 aromatic heterocycles. The summed E-state index contributed by atoms with van der Waals surface area (Å²) < 4.78 is 33.6. The molecule has 0 heterocycles. The number of sulfonamides is 1. The summed E-state index contributed by atoms with van der Waals surface area (Å²) in [6, 6.07) is 11.7. The van der Waals surface area contributed by atoms with Crippen molar-refractivity contribution in [3.8, 4) is 5.75 Å². The van der Waals surface area contributed by atoms with Crippen molar-refractivity contribution in [1.82, 2.24) is 0 Å². The lowest BCUT2D eigenvalue weighted by Gasteiger charge is -2.29. The van der Waals surface area contributed by atoms with Gasteiger partial charge in [0, 0.05) is 11.1 Å². The lowest BCUT2D eigenvalue weighted by molar-refractivity contribution is 0.399. The van der Waals surface area contributed by atoms with E-state index in [0.29, 0.717) is 15.2 Å². The Morgan fingerprint density at radius 1 is 1.17 bits per heavy atom. The van der Waals surface area contributed by atoms with Crippen molar-refractivity contribution in [1.29, 1.82) is 0 Å². The van der Waals surface area contributed by atoms with E-state index in [-0.39, 0.29) is 16.7 Å². The van der Waals surface area contributed by atoms with Gasteiger partial charge in [0.1, 0.15) is 4.90 Å². The van der Waals surface area contributed by atoms with Gasteiger partial charge in [0.15, 0.2) is 5.75 Å². The second-order valence-corrected chi connectivity index (χ2v) is 8.22. The molecule has 2 aromatic rings. The third-order valence-electron chi connectivity index (χ3n) is 3.19. The molecule has 23 heavy (non-hydrogen) atoms. The highest BCUT2D eigenvalue weighted by Gasteiger charge is 2.31. The van der Waals surface area contributed by atoms with Crippen LogP contribution < -0.4 is 9.04 Å². The van der Waals surface area contributed by atoms with Gasteiger partial charge in [-0.05, 0) is 54.0 Å². The topological polar surface area (TPSA) is 46.6 Å². The van der Waals surface area contributed by atoms with Crippen LogP contribution in [0.5, 0.6) is 5.75 Å². The number of halogens is 2. The molecule has 0 saturated carbocycles. The Balaban J connectivity index is 2.69. The average Bonchev–Trinajstić information content (AvgIpc) is 2.47. The first-order valence-electron chi connectivity index (χ1n) is 6.91. The van der Waals surface area contributed by atoms with Crippen molar-refractivity contribution in [2.45, 2.75) is 24.8 Å². The van der Waals surface area contributed by atoms with Crippen LogP contribution in [0.15, 0.2) is 51.8 Å². The first-order chi connectivity index (χ1) is 10.8. The summed E-state index contributed by atoms with van der Waals surface area (Å²) in [4.78, 5) is 0.0249. The number of anilines is 1. The normalized spacial score (nSPS) is 11.6. The summed E-state index contributed by atoms with van der Waals surface area (Å²) in [5.41, 5.74) is 0.584. The summed E-state index contributed by atoms with van der Waals surface area (Å²) in [6.07, 6.45) is 0. The summed E-state index contributed by atoms with van der Waals surface area (Å²) in [7, 11) is -2.42. The number of benzene rings is 2. The van der Waals surface area contributed by atoms with Crippen molar-refractivity contribution in [2.24, 2.45) is 0 Å². The summed E-state index contributed by atoms with van der Waals surface area (Å²) >= 11 is 9.35. The smallest absolute Gasteiger partial charge is 0.268 e. The highest BCUT2D eigenvalue weighted by Crippen LogP contribution is 2.38. The maximum Gasteiger partial charge on any atom is 0.268 e. The van der Waals surface area contributed by atoms with Crippen molar-refractivity contribution >= 4 is 43.2 Å². The van der Waals surface area contributed by atoms with E-state index in [4.69, 9.17) is 16.3 Å². The highest BCUT2D eigenvalue weighted by atomic mass is 79.9. The molecule has 0 spiro atoms. The minimum Gasteiger partial charge on any atom is -0.494 e. The summed E-state index contributed by atoms with van der Waals surface area (Å²) in [5, 5.41) is 0.313. The van der Waals surface area contributed by atoms with E-state index in [1.807, 2.05) is 19.9 Å². The lowest BCUT2D eigenvalue weighted by Crippen LogP contribution is -2.37. The molecule has 0 atom stereocenters. The number of nitrogens with zero attached hydrogens (tertiary/aromatic N) is 1. The van der Waals surface area contributed by atoms with E-state index < -0.39 is 10.0 Å². The molecule has 0 fully saturated rings. The SMILES string of the molecule is COc1c(Br)cc(Cl)cc1S(=O)(=O)N(c1ccccc1)C(C)C. The van der Waals surface area contributed by atoms with E-state index in [2.05, 4.69) is 15.9 Å². The largest absolute Gasteiger partial charge is 0.494 e. The van der Waals surface area contributed by atoms with Crippen molar-refractivity contribution < 1.29 is 13.2 Å². The number of ether oxygens (including phenoxy) is 1. The van der Waals surface area contributed by atoms with Gasteiger partial charge in [-0.25, -0.2) is 8.42 Å². The van der Waals surface area contributed by atoms with E-state index in [1.165, 1.54) is 17.5 Å². The summed E-state index contributed by atoms with van der Waals surface area (Å²) in [6.45, 7) is 3.63. The van der Waals surface area contributed by atoms with Crippen LogP contribution in [-0.4, -0.2) is 21.6 Å². The Morgan fingerprint density at radius 2 is 1.78 bits per heavy atom. The average molecular weight is 419 g/mol. The van der Waals surface area contributed by atoms with Crippen LogP contribution in [0.1, 0.15) is 13.8 Å². The minimum absolute atomic E-state index is 0.0249. The van der Waals surface area contributed by atoms with Crippen LogP contribution in [-0.2, 0) is 10.0 Å². The Hall–Kier alpha value is -1.24. The number of hydrogen-bond donors (Lipinski definition) is 0. The molecule has 0 N–H and O–H groups in total. The van der Waals surface area contributed by atoms with Crippen LogP contribution in [0.4, 0.5) is 5.69 Å². The van der Waals surface area contributed by atoms with Crippen LogP contribution >= 0.6 is 27.5 Å². The van der Waals surface area contributed by atoms with Gasteiger partial charge in [0.05, 0.1) is 17.3 Å². The molecule has 0 radical (unpaired) electrons. The van der Waals surface area contributed by atoms with Crippen molar-refractivity contribution in [2.75, 3.05) is 11.4 Å². The third kappa shape index (κ3) is 3.65. The predicted molar refractivity (Wildman–Crippen MR) is 96.9 cm³/mol. The standard InChI is InChI=1S/C16H17BrClNO3S/c1-11(2)19(13-7-5-4-6-8-13)23(20,21)15-10-12(18)9-14(17)16(15)22-3/h4-11H,1-3H3. The molecule has 0 aliphatic heterocycles. The molecule has 0 saturated heterocycles. The maximum atomic E-state index is 13.2. The molecular formula is C16H17BrClNO3S. The van der Waals surface area contributed by atoms with Gasteiger partial charge in [-0.2, -0.15) is 0 Å². The number of rotatable bonds is 5. The van der Waals surface area contributed by atoms with Crippen LogP contribution in [0.2, 0.25) is 5.02 Å². The molecule has 2 aromatic carbocycles. The van der Waals surface area contributed by atoms with Crippen LogP contribution in [0.3, 0.4) is 0 Å². The maximum absolute atomic E-state index is 13.2. The second-order valence-electron chi connectivity index (χ2n) is 5.15. The number of para-hydroxylation sites is 1. The quantitative estimate of drug-likeness (QED) is 0.706. The lowest BCUT2D eigenvalue weighted by atomic mass is 10.3. The Labute approximate surface area is 150 Å². The monoisotopic (exact) mass is 417 g/mol. The van der Waals surface area contributed by atoms with Gasteiger partial charge >= 0.3 is 0 Å². The molecule has 2 rings (SSSR count). The van der Waals surface area contributed by atoms with Crippen LogP contribution in [0, 0.1) is 0 Å². The molecule has 4 nitrogen and oxygen atoms in total. The molecule has 0 unspecified atom stereocenters. The highest BCUT2D eigenvalue weighted by molar-refractivity contribution is 9.10. The molecule has 0 bridgehead atoms. The first kappa shape index (κ1) is 18.1. The molecule has 7 heteroatoms. The Bertz CT molecular complexity index is 794. The second kappa shape index (κ2) is 7.11. The van der Waals surface area contributed by atoms with Crippen LogP contribution in [0.25, 0.3) is 0 Å². The van der Waals surface area contributed by atoms with E-state index >= 15 is 0 Å². The Kier molecular flexibility index (Phi) is 5.60. The van der Waals surface area contributed by atoms with Crippen molar-refractivity contribution in [3.63, 3.8) is 0 Å². The van der Waals surface area contributed by atoms with Gasteiger partial charge in [-0.1, -0.05) is 29.8 Å². The van der Waals surface area contributed by atoms with E-state index in [1.54, 1.807) is 30.3 Å². The number of hydrogen-bond acceptors (Lipinski definition) is 3. The third-order valence-corrected chi connectivity index (χ3v) is 6.01. The number of methoxy groups -OCH3 is 1. The molecular weight excluding hydrogens is 402 g/mol. The Morgan fingerprint density at radius 3 is 2.30 bits per heavy atom. The first-order valence-corrected chi connectivity index (χ1v) is 9.52. The van der Waals surface area contributed by atoms with Crippen molar-refractivity contribution in [3.05, 3.63) is 52.0 Å². The fraction of sp³-hybridized carbons (Fsp3) is 0.250. The van der Waals surface area contributed by atoms with Gasteiger partial charge in [-0.3, -0.25) is 4.31 Å². The van der Waals surface area contributed by atoms with E-state index in [9.17, 15) is 8.42 Å². The summed E-state index contributed by atoms with van der Waals surface area (Å²) in [5.74, 6) is 0.232. The zero-order chi connectivity index (χ0) is 17.2. The molecule has 124 valence electrons. The fourth-order valence-electron chi connectivity index (χ4n) is 2.32. The van der Waals surface area contributed by atoms with Gasteiger partial charge in [0.2, 0.25) is 0 Å². The molecule has 0 amide bonds. The predicted octanol–water partition coefficient (Wildman–Crippen LogP) is 4.71.